The van der Waals surface area contributed by atoms with Crippen LogP contribution in [0, 0.1) is 5.92 Å². The lowest BCUT2D eigenvalue weighted by Crippen LogP contribution is -2.52. The molecule has 10 heteroatoms. The van der Waals surface area contributed by atoms with E-state index >= 15 is 0 Å². The lowest BCUT2D eigenvalue weighted by atomic mass is 9.87. The van der Waals surface area contributed by atoms with Crippen molar-refractivity contribution in [1.29, 1.82) is 0 Å². The van der Waals surface area contributed by atoms with Crippen molar-refractivity contribution >= 4 is 17.5 Å². The van der Waals surface area contributed by atoms with E-state index in [0.717, 1.165) is 4.90 Å². The molecule has 1 fully saturated rings. The van der Waals surface area contributed by atoms with Crippen LogP contribution in [0.4, 0.5) is 19.1 Å². The second-order valence-corrected chi connectivity index (χ2v) is 8.34. The second kappa shape index (κ2) is 8.19. The third-order valence-electron chi connectivity index (χ3n) is 5.78. The second-order valence-electron chi connectivity index (χ2n) is 7.90. The van der Waals surface area contributed by atoms with Crippen molar-refractivity contribution in [2.75, 3.05) is 18.1 Å². The minimum atomic E-state index is -4.46. The highest BCUT2D eigenvalue weighted by Gasteiger charge is 2.47. The molecule has 0 bridgehead atoms. The van der Waals surface area contributed by atoms with Gasteiger partial charge in [0.05, 0.1) is 10.7 Å². The normalized spacial score (nSPS) is 24.6. The van der Waals surface area contributed by atoms with Crippen LogP contribution in [-0.2, 0) is 17.8 Å². The fraction of sp³-hybridized carbons (Fsp3) is 0.550. The molecule has 1 unspecified atom stereocenters. The van der Waals surface area contributed by atoms with E-state index in [2.05, 4.69) is 9.97 Å². The monoisotopic (exact) mass is 442 g/mol. The number of hydrogen-bond acceptors (Lipinski definition) is 5. The first-order valence-corrected chi connectivity index (χ1v) is 10.2. The van der Waals surface area contributed by atoms with Gasteiger partial charge in [0.15, 0.2) is 0 Å². The molecular weight excluding hydrogens is 421 g/mol. The molecule has 0 radical (unpaired) electrons. The first-order chi connectivity index (χ1) is 14.2. The number of halogens is 4. The summed E-state index contributed by atoms with van der Waals surface area (Å²) in [5.41, 5.74) is 0.715. The summed E-state index contributed by atoms with van der Waals surface area (Å²) in [5.74, 6) is 0.143. The summed E-state index contributed by atoms with van der Waals surface area (Å²) in [4.78, 5) is 22.5. The van der Waals surface area contributed by atoms with Crippen molar-refractivity contribution in [2.24, 2.45) is 5.92 Å². The summed E-state index contributed by atoms with van der Waals surface area (Å²) in [6, 6.07) is 1.29. The average Bonchev–Trinajstić information content (AvgIpc) is 2.68. The average molecular weight is 443 g/mol. The van der Waals surface area contributed by atoms with Crippen molar-refractivity contribution in [3.8, 4) is 0 Å². The summed E-state index contributed by atoms with van der Waals surface area (Å²) in [5, 5.41) is 0.336. The molecule has 30 heavy (non-hydrogen) atoms. The van der Waals surface area contributed by atoms with Gasteiger partial charge in [0.25, 0.3) is 5.56 Å². The summed E-state index contributed by atoms with van der Waals surface area (Å²) in [6.45, 7) is 2.94. The SMILES string of the molecule is C[C@@H]1COCCC1c1cc(=O)n2c(n1)N(Cc1cncc(Cl)c1)[C@H](C(F)(F)F)CC2. The van der Waals surface area contributed by atoms with Gasteiger partial charge in [-0.1, -0.05) is 18.5 Å². The third-order valence-corrected chi connectivity index (χ3v) is 5.99. The zero-order valence-electron chi connectivity index (χ0n) is 16.4. The third kappa shape index (κ3) is 4.18. The highest BCUT2D eigenvalue weighted by Crippen LogP contribution is 2.36. The maximum Gasteiger partial charge on any atom is 0.408 e. The van der Waals surface area contributed by atoms with E-state index in [1.165, 1.54) is 23.0 Å². The quantitative estimate of drug-likeness (QED) is 0.724. The van der Waals surface area contributed by atoms with Crippen molar-refractivity contribution < 1.29 is 17.9 Å². The van der Waals surface area contributed by atoms with Crippen LogP contribution in [0.1, 0.15) is 36.9 Å². The van der Waals surface area contributed by atoms with Crippen LogP contribution in [0.3, 0.4) is 0 Å². The van der Waals surface area contributed by atoms with Crippen molar-refractivity contribution in [2.45, 2.75) is 51.0 Å². The Labute approximate surface area is 176 Å². The van der Waals surface area contributed by atoms with E-state index in [0.29, 0.717) is 35.9 Å². The van der Waals surface area contributed by atoms with Gasteiger partial charge in [-0.15, -0.1) is 0 Å². The minimum absolute atomic E-state index is 0.0285. The Morgan fingerprint density at radius 2 is 2.07 bits per heavy atom. The predicted molar refractivity (Wildman–Crippen MR) is 106 cm³/mol. The summed E-state index contributed by atoms with van der Waals surface area (Å²) < 4.78 is 48.4. The molecule has 0 amide bonds. The molecule has 2 aliphatic heterocycles. The van der Waals surface area contributed by atoms with E-state index in [4.69, 9.17) is 16.3 Å². The summed E-state index contributed by atoms with van der Waals surface area (Å²) >= 11 is 5.97. The summed E-state index contributed by atoms with van der Waals surface area (Å²) in [6.07, 6.45) is -1.11. The summed E-state index contributed by atoms with van der Waals surface area (Å²) in [7, 11) is 0. The Morgan fingerprint density at radius 1 is 1.27 bits per heavy atom. The molecule has 0 aliphatic carbocycles. The lowest BCUT2D eigenvalue weighted by Gasteiger charge is -2.39. The number of rotatable bonds is 3. The van der Waals surface area contributed by atoms with Crippen LogP contribution < -0.4 is 10.5 Å². The molecule has 4 heterocycles. The zero-order chi connectivity index (χ0) is 21.5. The molecule has 2 aliphatic rings. The predicted octanol–water partition coefficient (Wildman–Crippen LogP) is 3.77. The maximum absolute atomic E-state index is 13.9. The molecule has 0 saturated carbocycles. The molecule has 162 valence electrons. The highest BCUT2D eigenvalue weighted by atomic mass is 35.5. The zero-order valence-corrected chi connectivity index (χ0v) is 17.2. The van der Waals surface area contributed by atoms with Crippen molar-refractivity contribution in [3.05, 3.63) is 51.2 Å². The van der Waals surface area contributed by atoms with Gasteiger partial charge in [-0.3, -0.25) is 14.3 Å². The number of alkyl halides is 3. The fourth-order valence-electron chi connectivity index (χ4n) is 4.26. The molecule has 0 spiro atoms. The van der Waals surface area contributed by atoms with E-state index in [9.17, 15) is 18.0 Å². The van der Waals surface area contributed by atoms with Gasteiger partial charge in [-0.05, 0) is 30.4 Å². The Kier molecular flexibility index (Phi) is 5.76. The van der Waals surface area contributed by atoms with E-state index in [1.807, 2.05) is 6.92 Å². The molecule has 0 aromatic carbocycles. The number of fused-ring (bicyclic) bond motifs is 1. The van der Waals surface area contributed by atoms with Crippen LogP contribution in [0.25, 0.3) is 0 Å². The maximum atomic E-state index is 13.9. The van der Waals surface area contributed by atoms with E-state index in [-0.39, 0.29) is 42.9 Å². The van der Waals surface area contributed by atoms with Crippen LogP contribution in [0.15, 0.2) is 29.3 Å². The Hall–Kier alpha value is -2.13. The number of anilines is 1. The first-order valence-electron chi connectivity index (χ1n) is 9.86. The molecule has 2 aromatic rings. The largest absolute Gasteiger partial charge is 0.408 e. The van der Waals surface area contributed by atoms with Crippen LogP contribution in [-0.4, -0.2) is 40.0 Å². The standard InChI is InChI=1S/C20H22ClF3N4O2/c1-12-11-30-5-3-15(12)16-7-18(29)27-4-2-17(20(22,23)24)28(19(27)26-16)10-13-6-14(21)9-25-8-13/h6-9,12,15,17H,2-5,10-11H2,1H3/t12-,15?,17+/m1/s1. The van der Waals surface area contributed by atoms with Gasteiger partial charge >= 0.3 is 6.18 Å². The Bertz CT molecular complexity index is 981. The Morgan fingerprint density at radius 3 is 2.77 bits per heavy atom. The highest BCUT2D eigenvalue weighted by molar-refractivity contribution is 6.30. The van der Waals surface area contributed by atoms with Gasteiger partial charge in [-0.25, -0.2) is 4.98 Å². The number of aromatic nitrogens is 3. The van der Waals surface area contributed by atoms with Gasteiger partial charge in [0.2, 0.25) is 5.95 Å². The first kappa shape index (κ1) is 21.1. The van der Waals surface area contributed by atoms with E-state index < -0.39 is 12.2 Å². The van der Waals surface area contributed by atoms with Crippen LogP contribution >= 0.6 is 11.6 Å². The topological polar surface area (TPSA) is 60.3 Å². The van der Waals surface area contributed by atoms with E-state index in [1.54, 1.807) is 6.07 Å². The molecule has 1 saturated heterocycles. The molecule has 6 nitrogen and oxygen atoms in total. The number of hydrogen-bond donors (Lipinski definition) is 0. The fourth-order valence-corrected chi connectivity index (χ4v) is 4.45. The molecule has 3 atom stereocenters. The van der Waals surface area contributed by atoms with Gasteiger partial charge in [0, 0.05) is 50.7 Å². The van der Waals surface area contributed by atoms with Gasteiger partial charge in [-0.2, -0.15) is 13.2 Å². The number of pyridine rings is 1. The van der Waals surface area contributed by atoms with Crippen molar-refractivity contribution in [3.63, 3.8) is 0 Å². The number of nitrogens with zero attached hydrogens (tertiary/aromatic N) is 4. The van der Waals surface area contributed by atoms with Gasteiger partial charge in [0.1, 0.15) is 6.04 Å². The van der Waals surface area contributed by atoms with Gasteiger partial charge < -0.3 is 9.64 Å². The minimum Gasteiger partial charge on any atom is -0.381 e. The lowest BCUT2D eigenvalue weighted by molar-refractivity contribution is -0.153. The smallest absolute Gasteiger partial charge is 0.381 e. The molecule has 4 rings (SSSR count). The molecule has 0 N–H and O–H groups in total. The molecular formula is C20H22ClF3N4O2. The van der Waals surface area contributed by atoms with Crippen molar-refractivity contribution in [1.82, 2.24) is 14.5 Å². The van der Waals surface area contributed by atoms with Crippen LogP contribution in [0.5, 0.6) is 0 Å². The Balaban J connectivity index is 1.79. The molecule has 2 aromatic heterocycles. The number of ether oxygens (including phenoxy) is 1. The van der Waals surface area contributed by atoms with Crippen LogP contribution in [0.2, 0.25) is 5.02 Å².